The van der Waals surface area contributed by atoms with E-state index in [2.05, 4.69) is 0 Å². The summed E-state index contributed by atoms with van der Waals surface area (Å²) in [6, 6.07) is 4.75. The number of benzene rings is 1. The highest BCUT2D eigenvalue weighted by molar-refractivity contribution is 6.67. The van der Waals surface area contributed by atoms with Crippen LogP contribution in [0.2, 0.25) is 0 Å². The normalized spacial score (nSPS) is 12.0. The highest BCUT2D eigenvalue weighted by Gasteiger charge is 2.13. The topological polar surface area (TPSA) is 44.8 Å². The van der Waals surface area contributed by atoms with Gasteiger partial charge < -0.3 is 14.2 Å². The van der Waals surface area contributed by atoms with E-state index in [0.717, 1.165) is 0 Å². The number of hydrogen-bond donors (Lipinski definition) is 0. The van der Waals surface area contributed by atoms with E-state index in [0.29, 0.717) is 23.5 Å². The molecule has 0 saturated heterocycles. The molecular weight excluding hydrogens is 244 g/mol. The minimum absolute atomic E-state index is 0.355. The smallest absolute Gasteiger partial charge is 0.252 e. The van der Waals surface area contributed by atoms with Crippen LogP contribution in [0.4, 0.5) is 0 Å². The lowest BCUT2D eigenvalue weighted by atomic mass is 10.2. The Hall–Kier alpha value is -1.26. The highest BCUT2D eigenvalue weighted by atomic mass is 35.5. The van der Waals surface area contributed by atoms with Gasteiger partial charge in [-0.05, 0) is 29.8 Å². The third-order valence-corrected chi connectivity index (χ3v) is 2.46. The number of carbonyl (C=O) groups excluding carboxylic acids is 1. The van der Waals surface area contributed by atoms with Gasteiger partial charge in [-0.25, -0.2) is 0 Å². The monoisotopic (exact) mass is 258 g/mol. The largest absolute Gasteiger partial charge is 0.493 e. The molecule has 1 atom stereocenters. The lowest BCUT2D eigenvalue weighted by molar-refractivity contribution is -0.0559. The molecule has 5 heteroatoms. The average molecular weight is 259 g/mol. The van der Waals surface area contributed by atoms with Crippen LogP contribution in [0.1, 0.15) is 23.7 Å². The van der Waals surface area contributed by atoms with E-state index in [1.165, 1.54) is 13.2 Å². The molecule has 1 rings (SSSR count). The van der Waals surface area contributed by atoms with Crippen molar-refractivity contribution >= 4 is 16.8 Å². The maximum Gasteiger partial charge on any atom is 0.252 e. The van der Waals surface area contributed by atoms with Crippen LogP contribution in [0.5, 0.6) is 11.5 Å². The van der Waals surface area contributed by atoms with Crippen molar-refractivity contribution < 1.29 is 19.0 Å². The summed E-state index contributed by atoms with van der Waals surface area (Å²) < 4.78 is 15.8. The molecule has 1 aromatic rings. The Balaban J connectivity index is 3.01. The maximum atomic E-state index is 11.1. The molecule has 4 nitrogen and oxygen atoms in total. The number of carbonyl (C=O) groups is 1. The highest BCUT2D eigenvalue weighted by Crippen LogP contribution is 2.30. The number of halogens is 1. The lowest BCUT2D eigenvalue weighted by Gasteiger charge is -2.17. The predicted octanol–water partition coefficient (Wildman–Crippen LogP) is 2.84. The zero-order valence-electron chi connectivity index (χ0n) is 10.0. The molecule has 0 fully saturated rings. The molecule has 0 amide bonds. The second kappa shape index (κ2) is 6.47. The van der Waals surface area contributed by atoms with Gasteiger partial charge in [0.25, 0.3) is 5.24 Å². The summed E-state index contributed by atoms with van der Waals surface area (Å²) in [6.07, 6.45) is 0.295. The first kappa shape index (κ1) is 13.8. The molecule has 0 aromatic heterocycles. The van der Waals surface area contributed by atoms with Crippen molar-refractivity contribution in [3.8, 4) is 11.5 Å². The zero-order valence-corrected chi connectivity index (χ0v) is 10.8. The molecule has 94 valence electrons. The quantitative estimate of drug-likeness (QED) is 0.581. The molecule has 0 saturated carbocycles. The Kier molecular flexibility index (Phi) is 5.25. The Morgan fingerprint density at radius 3 is 2.53 bits per heavy atom. The van der Waals surface area contributed by atoms with Gasteiger partial charge in [0.05, 0.1) is 7.11 Å². The minimum atomic E-state index is -0.539. The van der Waals surface area contributed by atoms with E-state index in [-0.39, 0.29) is 6.29 Å². The molecule has 0 aliphatic carbocycles. The fourth-order valence-electron chi connectivity index (χ4n) is 1.33. The number of ether oxygens (including phenoxy) is 3. The lowest BCUT2D eigenvalue weighted by Crippen LogP contribution is -2.17. The van der Waals surface area contributed by atoms with Gasteiger partial charge in [0.2, 0.25) is 0 Å². The molecule has 0 radical (unpaired) electrons. The Morgan fingerprint density at radius 2 is 2.06 bits per heavy atom. The van der Waals surface area contributed by atoms with Crippen LogP contribution in [0, 0.1) is 0 Å². The summed E-state index contributed by atoms with van der Waals surface area (Å²) in [4.78, 5) is 11.1. The van der Waals surface area contributed by atoms with Crippen molar-refractivity contribution in [1.29, 1.82) is 0 Å². The third-order valence-electron chi connectivity index (χ3n) is 2.25. The number of methoxy groups -OCH3 is 2. The summed E-state index contributed by atoms with van der Waals surface area (Å²) >= 11 is 5.41. The summed E-state index contributed by atoms with van der Waals surface area (Å²) in [5.41, 5.74) is 0.355. The van der Waals surface area contributed by atoms with Gasteiger partial charge in [0.1, 0.15) is 0 Å². The van der Waals surface area contributed by atoms with Gasteiger partial charge in [-0.15, -0.1) is 0 Å². The van der Waals surface area contributed by atoms with Gasteiger partial charge >= 0.3 is 0 Å². The first-order valence-electron chi connectivity index (χ1n) is 5.19. The Labute approximate surface area is 105 Å². The van der Waals surface area contributed by atoms with Crippen molar-refractivity contribution in [2.45, 2.75) is 19.6 Å². The molecular formula is C12H15ClO4. The van der Waals surface area contributed by atoms with E-state index in [1.54, 1.807) is 19.2 Å². The summed E-state index contributed by atoms with van der Waals surface area (Å²) in [5.74, 6) is 0.967. The minimum Gasteiger partial charge on any atom is -0.493 e. The van der Waals surface area contributed by atoms with Gasteiger partial charge in [0.15, 0.2) is 17.8 Å². The van der Waals surface area contributed by atoms with Crippen molar-refractivity contribution in [2.75, 3.05) is 14.2 Å². The summed E-state index contributed by atoms with van der Waals surface area (Å²) in [5, 5.41) is -0.539. The van der Waals surface area contributed by atoms with Crippen LogP contribution in [0.15, 0.2) is 18.2 Å². The second-order valence-electron chi connectivity index (χ2n) is 3.33. The third kappa shape index (κ3) is 3.61. The van der Waals surface area contributed by atoms with Crippen LogP contribution in [0.25, 0.3) is 0 Å². The molecule has 0 aliphatic heterocycles. The Morgan fingerprint density at radius 1 is 1.35 bits per heavy atom. The van der Waals surface area contributed by atoms with Crippen molar-refractivity contribution in [1.82, 2.24) is 0 Å². The SMILES string of the molecule is CCC(OC)Oc1cc(C(=O)Cl)ccc1OC. The van der Waals surface area contributed by atoms with E-state index in [4.69, 9.17) is 25.8 Å². The molecule has 0 spiro atoms. The molecule has 0 heterocycles. The molecule has 1 aromatic carbocycles. The van der Waals surface area contributed by atoms with Gasteiger partial charge in [-0.3, -0.25) is 4.79 Å². The van der Waals surface area contributed by atoms with Crippen molar-refractivity contribution in [3.63, 3.8) is 0 Å². The van der Waals surface area contributed by atoms with Crippen LogP contribution < -0.4 is 9.47 Å². The second-order valence-corrected chi connectivity index (χ2v) is 3.67. The van der Waals surface area contributed by atoms with E-state index >= 15 is 0 Å². The van der Waals surface area contributed by atoms with Gasteiger partial charge in [0, 0.05) is 19.1 Å². The van der Waals surface area contributed by atoms with Crippen LogP contribution >= 0.6 is 11.6 Å². The van der Waals surface area contributed by atoms with Crippen molar-refractivity contribution in [2.24, 2.45) is 0 Å². The number of hydrogen-bond acceptors (Lipinski definition) is 4. The fourth-order valence-corrected chi connectivity index (χ4v) is 1.45. The molecule has 0 N–H and O–H groups in total. The standard InChI is InChI=1S/C12H15ClO4/c1-4-11(16-3)17-10-7-8(12(13)14)5-6-9(10)15-2/h5-7,11H,4H2,1-3H3. The maximum absolute atomic E-state index is 11.1. The van der Waals surface area contributed by atoms with E-state index < -0.39 is 5.24 Å². The average Bonchev–Trinajstić information content (AvgIpc) is 2.35. The molecule has 0 bridgehead atoms. The molecule has 1 unspecified atom stereocenters. The first-order valence-corrected chi connectivity index (χ1v) is 5.57. The van der Waals surface area contributed by atoms with E-state index in [1.807, 2.05) is 6.92 Å². The van der Waals surface area contributed by atoms with Crippen LogP contribution in [-0.2, 0) is 4.74 Å². The summed E-state index contributed by atoms with van der Waals surface area (Å²) in [6.45, 7) is 1.93. The van der Waals surface area contributed by atoms with Crippen molar-refractivity contribution in [3.05, 3.63) is 23.8 Å². The van der Waals surface area contributed by atoms with Gasteiger partial charge in [-0.2, -0.15) is 0 Å². The summed E-state index contributed by atoms with van der Waals surface area (Å²) in [7, 11) is 3.08. The van der Waals surface area contributed by atoms with Crippen LogP contribution in [0.3, 0.4) is 0 Å². The molecule has 17 heavy (non-hydrogen) atoms. The number of rotatable bonds is 6. The predicted molar refractivity (Wildman–Crippen MR) is 64.9 cm³/mol. The van der Waals surface area contributed by atoms with Gasteiger partial charge in [-0.1, -0.05) is 6.92 Å². The zero-order chi connectivity index (χ0) is 12.8. The molecule has 0 aliphatic rings. The van der Waals surface area contributed by atoms with E-state index in [9.17, 15) is 4.79 Å². The Bertz CT molecular complexity index is 388. The van der Waals surface area contributed by atoms with Crippen LogP contribution in [-0.4, -0.2) is 25.8 Å². The fraction of sp³-hybridized carbons (Fsp3) is 0.417. The first-order chi connectivity index (χ1) is 8.12.